The van der Waals surface area contributed by atoms with E-state index < -0.39 is 0 Å². The van der Waals surface area contributed by atoms with Crippen LogP contribution in [0.2, 0.25) is 0 Å². The minimum absolute atomic E-state index is 0.105. The van der Waals surface area contributed by atoms with Crippen molar-refractivity contribution in [3.63, 3.8) is 0 Å². The Hall–Kier alpha value is -2.08. The maximum Gasteiger partial charge on any atom is 0.325 e. The van der Waals surface area contributed by atoms with Gasteiger partial charge in [0.05, 0.1) is 0 Å². The lowest BCUT2D eigenvalue weighted by Gasteiger charge is -2.19. The van der Waals surface area contributed by atoms with Crippen molar-refractivity contribution in [1.29, 1.82) is 0 Å². The Morgan fingerprint density at radius 3 is 2.55 bits per heavy atom. The van der Waals surface area contributed by atoms with Crippen molar-refractivity contribution < 1.29 is 9.59 Å². The lowest BCUT2D eigenvalue weighted by atomic mass is 10.2. The second-order valence-electron chi connectivity index (χ2n) is 5.84. The van der Waals surface area contributed by atoms with Gasteiger partial charge < -0.3 is 15.1 Å². The summed E-state index contributed by atoms with van der Waals surface area (Å²) in [6.07, 6.45) is 0. The Morgan fingerprint density at radius 1 is 1.23 bits per heavy atom. The van der Waals surface area contributed by atoms with Crippen LogP contribution in [0.15, 0.2) is 24.3 Å². The Morgan fingerprint density at radius 2 is 1.91 bits per heavy atom. The van der Waals surface area contributed by atoms with Gasteiger partial charge in [-0.1, -0.05) is 17.7 Å². The number of urea groups is 1. The fourth-order valence-corrected chi connectivity index (χ4v) is 2.34. The fourth-order valence-electron chi connectivity index (χ4n) is 2.34. The maximum atomic E-state index is 12.4. The summed E-state index contributed by atoms with van der Waals surface area (Å²) < 4.78 is 0. The lowest BCUT2D eigenvalue weighted by Crippen LogP contribution is -2.41. The molecule has 0 saturated carbocycles. The zero-order chi connectivity index (χ0) is 16.1. The van der Waals surface area contributed by atoms with Gasteiger partial charge in [0.25, 0.3) is 0 Å². The summed E-state index contributed by atoms with van der Waals surface area (Å²) in [5, 5.41) is 2.83. The van der Waals surface area contributed by atoms with Gasteiger partial charge in [0.15, 0.2) is 0 Å². The van der Waals surface area contributed by atoms with Crippen LogP contribution in [0, 0.1) is 6.92 Å². The lowest BCUT2D eigenvalue weighted by molar-refractivity contribution is -0.121. The minimum atomic E-state index is -0.110. The molecule has 1 aromatic rings. The van der Waals surface area contributed by atoms with E-state index in [2.05, 4.69) is 5.32 Å². The number of likely N-dealkylation sites (N-methyl/N-ethyl adjacent to an activating group) is 1. The molecular weight excluding hydrogens is 280 g/mol. The molecule has 0 bridgehead atoms. The van der Waals surface area contributed by atoms with Gasteiger partial charge >= 0.3 is 6.03 Å². The van der Waals surface area contributed by atoms with Crippen molar-refractivity contribution in [1.82, 2.24) is 15.1 Å². The number of hydrogen-bond donors (Lipinski definition) is 1. The Labute approximate surface area is 131 Å². The van der Waals surface area contributed by atoms with E-state index in [0.717, 1.165) is 17.8 Å². The zero-order valence-corrected chi connectivity index (χ0v) is 13.5. The third-order valence-electron chi connectivity index (χ3n) is 3.66. The summed E-state index contributed by atoms with van der Waals surface area (Å²) in [7, 11) is 3.91. The third kappa shape index (κ3) is 4.21. The Kier molecular flexibility index (Phi) is 5.38. The molecule has 22 heavy (non-hydrogen) atoms. The predicted molar refractivity (Wildman–Crippen MR) is 87.1 cm³/mol. The first-order valence-corrected chi connectivity index (χ1v) is 7.52. The number of nitrogens with one attached hydrogen (secondary N) is 1. The molecule has 0 spiro atoms. The summed E-state index contributed by atoms with van der Waals surface area (Å²) in [6, 6.07) is 7.74. The summed E-state index contributed by atoms with van der Waals surface area (Å²) in [6.45, 7) is 4.71. The van der Waals surface area contributed by atoms with Gasteiger partial charge in [0.1, 0.15) is 6.54 Å². The van der Waals surface area contributed by atoms with Crippen LogP contribution in [0.5, 0.6) is 0 Å². The highest BCUT2D eigenvalue weighted by molar-refractivity contribution is 5.96. The van der Waals surface area contributed by atoms with Crippen LogP contribution < -0.4 is 10.2 Å². The predicted octanol–water partition coefficient (Wildman–Crippen LogP) is 0.915. The molecule has 1 aromatic carbocycles. The average Bonchev–Trinajstić information content (AvgIpc) is 2.81. The molecule has 1 heterocycles. The number of nitrogens with zero attached hydrogens (tertiary/aromatic N) is 3. The molecule has 0 aliphatic carbocycles. The molecule has 0 radical (unpaired) electrons. The number of carbonyl (C=O) groups is 2. The number of anilines is 1. The van der Waals surface area contributed by atoms with Gasteiger partial charge in [-0.3, -0.25) is 9.69 Å². The molecule has 2 rings (SSSR count). The molecule has 0 unspecified atom stereocenters. The molecule has 1 aliphatic heterocycles. The first kappa shape index (κ1) is 16.3. The van der Waals surface area contributed by atoms with Crippen molar-refractivity contribution >= 4 is 17.6 Å². The van der Waals surface area contributed by atoms with E-state index in [9.17, 15) is 9.59 Å². The van der Waals surface area contributed by atoms with Gasteiger partial charge in [-0.05, 0) is 33.2 Å². The van der Waals surface area contributed by atoms with E-state index in [0.29, 0.717) is 19.6 Å². The molecule has 1 fully saturated rings. The Bertz CT molecular complexity index is 527. The minimum Gasteiger partial charge on any atom is -0.353 e. The molecule has 0 aromatic heterocycles. The Balaban J connectivity index is 1.86. The van der Waals surface area contributed by atoms with Crippen molar-refractivity contribution in [3.05, 3.63) is 29.8 Å². The molecule has 1 N–H and O–H groups in total. The van der Waals surface area contributed by atoms with Crippen LogP contribution in [-0.4, -0.2) is 68.6 Å². The molecular formula is C16H24N4O2. The summed E-state index contributed by atoms with van der Waals surface area (Å²) in [5.74, 6) is -0.110. The first-order chi connectivity index (χ1) is 10.5. The highest BCUT2D eigenvalue weighted by Crippen LogP contribution is 2.20. The van der Waals surface area contributed by atoms with Crippen molar-refractivity contribution in [2.24, 2.45) is 0 Å². The summed E-state index contributed by atoms with van der Waals surface area (Å²) >= 11 is 0. The quantitative estimate of drug-likeness (QED) is 0.850. The fraction of sp³-hybridized carbons (Fsp3) is 0.500. The van der Waals surface area contributed by atoms with Crippen LogP contribution in [0.25, 0.3) is 0 Å². The SMILES string of the molecule is Cc1ccc(N2CCN(CC(=O)NCCN(C)C)C2=O)cc1. The number of benzene rings is 1. The van der Waals surface area contributed by atoms with Gasteiger partial charge in [-0.2, -0.15) is 0 Å². The van der Waals surface area contributed by atoms with Crippen LogP contribution in [-0.2, 0) is 4.79 Å². The monoisotopic (exact) mass is 304 g/mol. The molecule has 6 heteroatoms. The maximum absolute atomic E-state index is 12.4. The normalized spacial score (nSPS) is 14.8. The van der Waals surface area contributed by atoms with Gasteiger partial charge in [0, 0.05) is 31.9 Å². The van der Waals surface area contributed by atoms with Gasteiger partial charge in [-0.15, -0.1) is 0 Å². The van der Waals surface area contributed by atoms with E-state index in [1.807, 2.05) is 50.2 Å². The standard InChI is InChI=1S/C16H24N4O2/c1-13-4-6-14(7-5-13)20-11-10-19(16(20)22)12-15(21)17-8-9-18(2)3/h4-7H,8-12H2,1-3H3,(H,17,21). The molecule has 0 atom stereocenters. The van der Waals surface area contributed by atoms with Crippen LogP contribution in [0.4, 0.5) is 10.5 Å². The third-order valence-corrected chi connectivity index (χ3v) is 3.66. The molecule has 6 nitrogen and oxygen atoms in total. The largest absolute Gasteiger partial charge is 0.353 e. The number of rotatable bonds is 6. The van der Waals surface area contributed by atoms with Crippen molar-refractivity contribution in [2.75, 3.05) is 51.7 Å². The topological polar surface area (TPSA) is 55.9 Å². The number of aryl methyl sites for hydroxylation is 1. The van der Waals surface area contributed by atoms with E-state index in [-0.39, 0.29) is 18.5 Å². The highest BCUT2D eigenvalue weighted by atomic mass is 16.2. The van der Waals surface area contributed by atoms with Crippen molar-refractivity contribution in [3.8, 4) is 0 Å². The van der Waals surface area contributed by atoms with Crippen molar-refractivity contribution in [2.45, 2.75) is 6.92 Å². The summed E-state index contributed by atoms with van der Waals surface area (Å²) in [4.78, 5) is 29.5. The summed E-state index contributed by atoms with van der Waals surface area (Å²) in [5.41, 5.74) is 2.04. The van der Waals surface area contributed by atoms with Crippen LogP contribution in [0.3, 0.4) is 0 Å². The number of amides is 3. The van der Waals surface area contributed by atoms with Gasteiger partial charge in [0.2, 0.25) is 5.91 Å². The second kappa shape index (κ2) is 7.26. The average molecular weight is 304 g/mol. The number of hydrogen-bond acceptors (Lipinski definition) is 3. The van der Waals surface area contributed by atoms with E-state index in [1.165, 1.54) is 0 Å². The molecule has 1 saturated heterocycles. The van der Waals surface area contributed by atoms with Gasteiger partial charge in [-0.25, -0.2) is 4.79 Å². The van der Waals surface area contributed by atoms with E-state index >= 15 is 0 Å². The molecule has 1 aliphatic rings. The van der Waals surface area contributed by atoms with Crippen LogP contribution >= 0.6 is 0 Å². The first-order valence-electron chi connectivity index (χ1n) is 7.52. The molecule has 120 valence electrons. The van der Waals surface area contributed by atoms with Crippen LogP contribution in [0.1, 0.15) is 5.56 Å². The highest BCUT2D eigenvalue weighted by Gasteiger charge is 2.30. The zero-order valence-electron chi connectivity index (χ0n) is 13.5. The van der Waals surface area contributed by atoms with E-state index in [1.54, 1.807) is 9.80 Å². The second-order valence-corrected chi connectivity index (χ2v) is 5.84. The smallest absolute Gasteiger partial charge is 0.325 e. The molecule has 3 amide bonds. The number of carbonyl (C=O) groups excluding carboxylic acids is 2. The van der Waals surface area contributed by atoms with E-state index in [4.69, 9.17) is 0 Å².